The van der Waals surface area contributed by atoms with Crippen LogP contribution in [0.15, 0.2) is 77.2 Å². The number of benzene rings is 2. The van der Waals surface area contributed by atoms with Crippen LogP contribution in [0.2, 0.25) is 0 Å². The molecule has 1 heterocycles. The van der Waals surface area contributed by atoms with Gasteiger partial charge in [-0.05, 0) is 35.4 Å². The third-order valence-corrected chi connectivity index (χ3v) is 4.03. The van der Waals surface area contributed by atoms with Gasteiger partial charge in [0.15, 0.2) is 0 Å². The molecule has 0 spiro atoms. The predicted molar refractivity (Wildman–Crippen MR) is 107 cm³/mol. The highest BCUT2D eigenvalue weighted by Crippen LogP contribution is 2.24. The Kier molecular flexibility index (Phi) is 5.87. The van der Waals surface area contributed by atoms with Crippen LogP contribution < -0.4 is 0 Å². The summed E-state index contributed by atoms with van der Waals surface area (Å²) >= 11 is 0. The van der Waals surface area contributed by atoms with Gasteiger partial charge in [0.05, 0.1) is 18.3 Å². The Morgan fingerprint density at radius 2 is 1.25 bits per heavy atom. The number of carbonyl (C=O) groups is 2. The van der Waals surface area contributed by atoms with Gasteiger partial charge in [-0.1, -0.05) is 60.7 Å². The van der Waals surface area contributed by atoms with Crippen molar-refractivity contribution in [2.45, 2.75) is 0 Å². The lowest BCUT2D eigenvalue weighted by Gasteiger charge is -2.05. The van der Waals surface area contributed by atoms with Crippen molar-refractivity contribution in [3.05, 3.63) is 95.4 Å². The minimum Gasteiger partial charge on any atom is -0.478 e. The summed E-state index contributed by atoms with van der Waals surface area (Å²) in [6, 6.07) is 21.2. The number of hydrogen-bond donors (Lipinski definition) is 1. The number of carboxylic acids is 1. The van der Waals surface area contributed by atoms with Gasteiger partial charge in [-0.2, -0.15) is 0 Å². The Morgan fingerprint density at radius 1 is 0.786 bits per heavy atom. The van der Waals surface area contributed by atoms with Gasteiger partial charge in [0.1, 0.15) is 11.5 Å². The number of furan rings is 1. The predicted octanol–water partition coefficient (Wildman–Crippen LogP) is 4.62. The van der Waals surface area contributed by atoms with Crippen LogP contribution in [0.3, 0.4) is 0 Å². The Bertz CT molecular complexity index is 1030. The second-order valence-electron chi connectivity index (χ2n) is 5.88. The van der Waals surface area contributed by atoms with Crippen LogP contribution in [0.1, 0.15) is 22.6 Å². The summed E-state index contributed by atoms with van der Waals surface area (Å²) in [6.07, 6.45) is 3.02. The van der Waals surface area contributed by atoms with Crippen LogP contribution in [0.25, 0.3) is 23.3 Å². The summed E-state index contributed by atoms with van der Waals surface area (Å²) < 4.78 is 10.6. The molecule has 0 saturated heterocycles. The first-order valence-electron chi connectivity index (χ1n) is 8.54. The molecule has 0 amide bonds. The highest BCUT2D eigenvalue weighted by molar-refractivity contribution is 6.21. The van der Waals surface area contributed by atoms with E-state index < -0.39 is 11.9 Å². The number of carboxylic acid groups (broad SMARTS) is 1. The fourth-order valence-electron chi connectivity index (χ4n) is 2.68. The second kappa shape index (κ2) is 8.68. The van der Waals surface area contributed by atoms with Crippen molar-refractivity contribution in [3.63, 3.8) is 0 Å². The molecule has 28 heavy (non-hydrogen) atoms. The average molecular weight is 374 g/mol. The molecule has 5 heteroatoms. The normalized spacial score (nSPS) is 11.9. The lowest BCUT2D eigenvalue weighted by atomic mass is 10.1. The van der Waals surface area contributed by atoms with Gasteiger partial charge in [0.2, 0.25) is 0 Å². The third kappa shape index (κ3) is 4.45. The van der Waals surface area contributed by atoms with E-state index in [1.807, 2.05) is 24.3 Å². The Morgan fingerprint density at radius 3 is 1.71 bits per heavy atom. The summed E-state index contributed by atoms with van der Waals surface area (Å²) in [6.45, 7) is 0. The molecule has 0 unspecified atom stereocenters. The van der Waals surface area contributed by atoms with Crippen molar-refractivity contribution >= 4 is 35.2 Å². The van der Waals surface area contributed by atoms with E-state index in [0.29, 0.717) is 28.2 Å². The fraction of sp³-hybridized carbons (Fsp3) is 0.0435. The molecular weight excluding hydrogens is 356 g/mol. The number of methoxy groups -OCH3 is 1. The van der Waals surface area contributed by atoms with Gasteiger partial charge < -0.3 is 14.3 Å². The topological polar surface area (TPSA) is 76.7 Å². The van der Waals surface area contributed by atoms with Crippen molar-refractivity contribution in [3.8, 4) is 0 Å². The molecule has 140 valence electrons. The molecule has 5 nitrogen and oxygen atoms in total. The zero-order valence-corrected chi connectivity index (χ0v) is 15.2. The molecular formula is C23H18O5. The Labute approximate surface area is 162 Å². The maximum Gasteiger partial charge on any atom is 0.338 e. The first-order valence-corrected chi connectivity index (χ1v) is 8.54. The van der Waals surface area contributed by atoms with Gasteiger partial charge in [-0.25, -0.2) is 9.59 Å². The molecule has 1 N–H and O–H groups in total. The van der Waals surface area contributed by atoms with E-state index in [9.17, 15) is 14.7 Å². The minimum atomic E-state index is -1.06. The van der Waals surface area contributed by atoms with Gasteiger partial charge >= 0.3 is 11.9 Å². The van der Waals surface area contributed by atoms with E-state index in [-0.39, 0.29) is 5.57 Å². The van der Waals surface area contributed by atoms with E-state index in [0.717, 1.165) is 0 Å². The molecule has 0 saturated carbocycles. The largest absolute Gasteiger partial charge is 0.478 e. The highest BCUT2D eigenvalue weighted by Gasteiger charge is 2.14. The summed E-state index contributed by atoms with van der Waals surface area (Å²) in [5.74, 6) is -0.771. The van der Waals surface area contributed by atoms with E-state index >= 15 is 0 Å². The van der Waals surface area contributed by atoms with E-state index in [1.54, 1.807) is 54.6 Å². The summed E-state index contributed by atoms with van der Waals surface area (Å²) in [5, 5.41) is 9.51. The van der Waals surface area contributed by atoms with Crippen LogP contribution in [0.5, 0.6) is 0 Å². The van der Waals surface area contributed by atoms with Gasteiger partial charge in [-0.15, -0.1) is 0 Å². The second-order valence-corrected chi connectivity index (χ2v) is 5.88. The fourth-order valence-corrected chi connectivity index (χ4v) is 2.68. The lowest BCUT2D eigenvalue weighted by molar-refractivity contribution is -0.133. The third-order valence-electron chi connectivity index (χ3n) is 4.03. The SMILES string of the molecule is COC(=O)/C(=C/c1ccc(/C=C(/C(=O)O)c2ccccc2)o1)c1ccccc1. The molecule has 0 aliphatic rings. The Hall–Kier alpha value is -3.86. The number of hydrogen-bond acceptors (Lipinski definition) is 4. The van der Waals surface area contributed by atoms with Gasteiger partial charge in [0, 0.05) is 0 Å². The van der Waals surface area contributed by atoms with E-state index in [4.69, 9.17) is 9.15 Å². The van der Waals surface area contributed by atoms with Crippen LogP contribution >= 0.6 is 0 Å². The van der Waals surface area contributed by atoms with Crippen LogP contribution in [0, 0.1) is 0 Å². The zero-order chi connectivity index (χ0) is 19.9. The average Bonchev–Trinajstić information content (AvgIpc) is 3.18. The maximum absolute atomic E-state index is 12.2. The van der Waals surface area contributed by atoms with Gasteiger partial charge in [0.25, 0.3) is 0 Å². The maximum atomic E-state index is 12.2. The van der Waals surface area contributed by atoms with Crippen LogP contribution in [-0.2, 0) is 14.3 Å². The summed E-state index contributed by atoms with van der Waals surface area (Å²) in [7, 11) is 1.31. The Balaban J connectivity index is 1.97. The summed E-state index contributed by atoms with van der Waals surface area (Å²) in [4.78, 5) is 23.8. The first kappa shape index (κ1) is 18.9. The number of esters is 1. The smallest absolute Gasteiger partial charge is 0.338 e. The molecule has 0 aliphatic carbocycles. The molecule has 0 fully saturated rings. The molecule has 1 aromatic heterocycles. The molecule has 0 radical (unpaired) electrons. The van der Waals surface area contributed by atoms with E-state index in [2.05, 4.69) is 0 Å². The molecule has 0 bridgehead atoms. The molecule has 0 atom stereocenters. The standard InChI is InChI=1S/C23H18O5/c1-27-23(26)21(17-10-6-3-7-11-17)15-19-13-12-18(28-19)14-20(22(24)25)16-8-4-2-5-9-16/h2-15H,1H3,(H,24,25)/b20-14+,21-15+. The minimum absolute atomic E-state index is 0.113. The van der Waals surface area contributed by atoms with Crippen molar-refractivity contribution < 1.29 is 23.8 Å². The van der Waals surface area contributed by atoms with Crippen molar-refractivity contribution in [2.24, 2.45) is 0 Å². The number of carbonyl (C=O) groups excluding carboxylic acids is 1. The number of aliphatic carboxylic acids is 1. The quantitative estimate of drug-likeness (QED) is 0.503. The molecule has 3 aromatic rings. The first-order chi connectivity index (χ1) is 13.6. The number of ether oxygens (including phenoxy) is 1. The van der Waals surface area contributed by atoms with E-state index in [1.165, 1.54) is 13.2 Å². The van der Waals surface area contributed by atoms with Crippen molar-refractivity contribution in [2.75, 3.05) is 7.11 Å². The molecule has 0 aliphatic heterocycles. The highest BCUT2D eigenvalue weighted by atomic mass is 16.5. The van der Waals surface area contributed by atoms with Crippen LogP contribution in [0.4, 0.5) is 0 Å². The molecule has 2 aromatic carbocycles. The van der Waals surface area contributed by atoms with Crippen molar-refractivity contribution in [1.29, 1.82) is 0 Å². The molecule has 3 rings (SSSR count). The van der Waals surface area contributed by atoms with Crippen molar-refractivity contribution in [1.82, 2.24) is 0 Å². The zero-order valence-electron chi connectivity index (χ0n) is 15.2. The summed E-state index contributed by atoms with van der Waals surface area (Å²) in [5.41, 5.74) is 1.72. The van der Waals surface area contributed by atoms with Gasteiger partial charge in [-0.3, -0.25) is 0 Å². The monoisotopic (exact) mass is 374 g/mol. The lowest BCUT2D eigenvalue weighted by Crippen LogP contribution is -2.03. The van der Waals surface area contributed by atoms with Crippen LogP contribution in [-0.4, -0.2) is 24.2 Å². The number of rotatable bonds is 6.